The van der Waals surface area contributed by atoms with Crippen molar-refractivity contribution in [2.75, 3.05) is 20.2 Å². The fourth-order valence-corrected chi connectivity index (χ4v) is 2.43. The molecule has 0 unspecified atom stereocenters. The first kappa shape index (κ1) is 15.4. The van der Waals surface area contributed by atoms with Gasteiger partial charge in [-0.15, -0.1) is 0 Å². The molecular weight excluding hydrogens is 270 g/mol. The standard InChI is InChI=1S/C16H21NO4/c1-10-6-13(16(20)17(3)8-12-4-5-12)7-11(2)15(10)21-9-14(18)19/h6-7,12H,4-5,8-9H2,1-3H3,(H,18,19). The van der Waals surface area contributed by atoms with Crippen LogP contribution in [0.25, 0.3) is 0 Å². The maximum atomic E-state index is 12.4. The normalized spacial score (nSPS) is 13.9. The van der Waals surface area contributed by atoms with Crippen LogP contribution in [-0.4, -0.2) is 42.1 Å². The number of rotatable bonds is 6. The van der Waals surface area contributed by atoms with Crippen molar-refractivity contribution in [3.05, 3.63) is 28.8 Å². The predicted molar refractivity (Wildman–Crippen MR) is 78.7 cm³/mol. The first-order chi connectivity index (χ1) is 9.88. The van der Waals surface area contributed by atoms with E-state index in [2.05, 4.69) is 0 Å². The second-order valence-corrected chi connectivity index (χ2v) is 5.75. The first-order valence-corrected chi connectivity index (χ1v) is 7.09. The molecule has 0 heterocycles. The molecule has 21 heavy (non-hydrogen) atoms. The van der Waals surface area contributed by atoms with Crippen LogP contribution in [0.4, 0.5) is 0 Å². The molecule has 114 valence electrons. The topological polar surface area (TPSA) is 66.8 Å². The van der Waals surface area contributed by atoms with Crippen molar-refractivity contribution < 1.29 is 19.4 Å². The average Bonchev–Trinajstić information content (AvgIpc) is 3.20. The van der Waals surface area contributed by atoms with Crippen LogP contribution in [0.15, 0.2) is 12.1 Å². The molecule has 1 fully saturated rings. The summed E-state index contributed by atoms with van der Waals surface area (Å²) in [5.41, 5.74) is 2.18. The number of ether oxygens (including phenoxy) is 1. The molecule has 1 aliphatic carbocycles. The second kappa shape index (κ2) is 6.16. The Hall–Kier alpha value is -2.04. The lowest BCUT2D eigenvalue weighted by atomic mass is 10.0. The summed E-state index contributed by atoms with van der Waals surface area (Å²) in [7, 11) is 1.82. The largest absolute Gasteiger partial charge is 0.481 e. The predicted octanol–water partition coefficient (Wildman–Crippen LogP) is 2.25. The molecule has 0 radical (unpaired) electrons. The number of carboxylic acids is 1. The van der Waals surface area contributed by atoms with Gasteiger partial charge in [-0.3, -0.25) is 4.79 Å². The van der Waals surface area contributed by atoms with Crippen molar-refractivity contribution in [2.24, 2.45) is 5.92 Å². The maximum Gasteiger partial charge on any atom is 0.341 e. The Bertz CT molecular complexity index is 540. The highest BCUT2D eigenvalue weighted by molar-refractivity contribution is 5.94. The van der Waals surface area contributed by atoms with Gasteiger partial charge < -0.3 is 14.7 Å². The van der Waals surface area contributed by atoms with Gasteiger partial charge in [0.15, 0.2) is 6.61 Å². The van der Waals surface area contributed by atoms with E-state index >= 15 is 0 Å². The van der Waals surface area contributed by atoms with Gasteiger partial charge in [0.05, 0.1) is 0 Å². The van der Waals surface area contributed by atoms with Crippen LogP contribution in [0.5, 0.6) is 5.75 Å². The van der Waals surface area contributed by atoms with E-state index in [1.807, 2.05) is 20.9 Å². The Morgan fingerprint density at radius 1 is 1.29 bits per heavy atom. The lowest BCUT2D eigenvalue weighted by molar-refractivity contribution is -0.139. The van der Waals surface area contributed by atoms with Crippen molar-refractivity contribution >= 4 is 11.9 Å². The number of aryl methyl sites for hydroxylation is 2. The molecule has 2 rings (SSSR count). The molecule has 0 aliphatic heterocycles. The molecule has 1 aromatic carbocycles. The Labute approximate surface area is 124 Å². The third-order valence-electron chi connectivity index (χ3n) is 3.62. The van der Waals surface area contributed by atoms with E-state index in [4.69, 9.17) is 9.84 Å². The third kappa shape index (κ3) is 3.97. The summed E-state index contributed by atoms with van der Waals surface area (Å²) in [6.45, 7) is 4.06. The SMILES string of the molecule is Cc1cc(C(=O)N(C)CC2CC2)cc(C)c1OCC(=O)O. The quantitative estimate of drug-likeness (QED) is 0.873. The summed E-state index contributed by atoms with van der Waals surface area (Å²) in [5.74, 6) is 0.175. The Morgan fingerprint density at radius 2 is 1.86 bits per heavy atom. The summed E-state index contributed by atoms with van der Waals surface area (Å²) < 4.78 is 5.27. The van der Waals surface area contributed by atoms with Gasteiger partial charge in [-0.25, -0.2) is 4.79 Å². The smallest absolute Gasteiger partial charge is 0.341 e. The minimum atomic E-state index is -1.02. The zero-order chi connectivity index (χ0) is 15.6. The van der Waals surface area contributed by atoms with Crippen LogP contribution in [0.1, 0.15) is 34.3 Å². The Kier molecular flexibility index (Phi) is 4.50. The van der Waals surface area contributed by atoms with Gasteiger partial charge in [-0.2, -0.15) is 0 Å². The number of carbonyl (C=O) groups is 2. The fourth-order valence-electron chi connectivity index (χ4n) is 2.43. The number of hydrogen-bond donors (Lipinski definition) is 1. The van der Waals surface area contributed by atoms with Crippen molar-refractivity contribution in [1.82, 2.24) is 4.90 Å². The van der Waals surface area contributed by atoms with E-state index in [0.717, 1.165) is 17.7 Å². The average molecular weight is 291 g/mol. The van der Waals surface area contributed by atoms with Gasteiger partial charge in [-0.1, -0.05) is 0 Å². The number of nitrogens with zero attached hydrogens (tertiary/aromatic N) is 1. The van der Waals surface area contributed by atoms with Crippen molar-refractivity contribution in [3.8, 4) is 5.75 Å². The number of carboxylic acid groups (broad SMARTS) is 1. The summed E-state index contributed by atoms with van der Waals surface area (Å²) in [5, 5.41) is 8.68. The zero-order valence-corrected chi connectivity index (χ0v) is 12.7. The summed E-state index contributed by atoms with van der Waals surface area (Å²) in [6, 6.07) is 3.52. The van der Waals surface area contributed by atoms with Crippen molar-refractivity contribution in [3.63, 3.8) is 0 Å². The Morgan fingerprint density at radius 3 is 2.33 bits per heavy atom. The monoisotopic (exact) mass is 291 g/mol. The molecule has 0 atom stereocenters. The van der Waals surface area contributed by atoms with Crippen LogP contribution in [0.2, 0.25) is 0 Å². The van der Waals surface area contributed by atoms with Gasteiger partial charge >= 0.3 is 5.97 Å². The summed E-state index contributed by atoms with van der Waals surface area (Å²) in [4.78, 5) is 24.7. The molecule has 1 amide bonds. The summed E-state index contributed by atoms with van der Waals surface area (Å²) in [6.07, 6.45) is 2.41. The van der Waals surface area contributed by atoms with Crippen LogP contribution in [-0.2, 0) is 4.79 Å². The molecule has 0 spiro atoms. The highest BCUT2D eigenvalue weighted by Crippen LogP contribution is 2.30. The second-order valence-electron chi connectivity index (χ2n) is 5.75. The Balaban J connectivity index is 2.13. The molecule has 5 heteroatoms. The van der Waals surface area contributed by atoms with Gasteiger partial charge in [0, 0.05) is 19.2 Å². The van der Waals surface area contributed by atoms with E-state index in [1.54, 1.807) is 17.0 Å². The first-order valence-electron chi connectivity index (χ1n) is 7.09. The van der Waals surface area contributed by atoms with E-state index in [0.29, 0.717) is 17.2 Å². The zero-order valence-electron chi connectivity index (χ0n) is 12.7. The van der Waals surface area contributed by atoms with E-state index in [9.17, 15) is 9.59 Å². The fraction of sp³-hybridized carbons (Fsp3) is 0.500. The molecule has 1 aromatic rings. The van der Waals surface area contributed by atoms with Crippen molar-refractivity contribution in [2.45, 2.75) is 26.7 Å². The highest BCUT2D eigenvalue weighted by atomic mass is 16.5. The molecule has 1 aliphatic rings. The van der Waals surface area contributed by atoms with Crippen molar-refractivity contribution in [1.29, 1.82) is 0 Å². The molecule has 5 nitrogen and oxygen atoms in total. The molecular formula is C16H21NO4. The molecule has 1 N–H and O–H groups in total. The number of hydrogen-bond acceptors (Lipinski definition) is 3. The van der Waals surface area contributed by atoms with E-state index in [-0.39, 0.29) is 12.5 Å². The van der Waals surface area contributed by atoms with Gasteiger partial charge in [-0.05, 0) is 55.9 Å². The lowest BCUT2D eigenvalue weighted by Gasteiger charge is -2.18. The number of benzene rings is 1. The highest BCUT2D eigenvalue weighted by Gasteiger charge is 2.25. The molecule has 1 saturated carbocycles. The van der Waals surface area contributed by atoms with Gasteiger partial charge in [0.2, 0.25) is 0 Å². The number of carbonyl (C=O) groups excluding carboxylic acids is 1. The van der Waals surface area contributed by atoms with Crippen LogP contribution >= 0.6 is 0 Å². The maximum absolute atomic E-state index is 12.4. The van der Waals surface area contributed by atoms with E-state index in [1.165, 1.54) is 12.8 Å². The third-order valence-corrected chi connectivity index (χ3v) is 3.62. The van der Waals surface area contributed by atoms with Crippen LogP contribution in [0.3, 0.4) is 0 Å². The molecule has 0 aromatic heterocycles. The minimum Gasteiger partial charge on any atom is -0.481 e. The number of aliphatic carboxylic acids is 1. The lowest BCUT2D eigenvalue weighted by Crippen LogP contribution is -2.28. The minimum absolute atomic E-state index is 0.00196. The molecule has 0 bridgehead atoms. The van der Waals surface area contributed by atoms with Gasteiger partial charge in [0.1, 0.15) is 5.75 Å². The molecule has 0 saturated heterocycles. The van der Waals surface area contributed by atoms with Crippen LogP contribution in [0, 0.1) is 19.8 Å². The number of amides is 1. The van der Waals surface area contributed by atoms with Crippen LogP contribution < -0.4 is 4.74 Å². The van der Waals surface area contributed by atoms with Gasteiger partial charge in [0.25, 0.3) is 5.91 Å². The van der Waals surface area contributed by atoms with E-state index < -0.39 is 5.97 Å². The summed E-state index contributed by atoms with van der Waals surface area (Å²) >= 11 is 0.